The second kappa shape index (κ2) is 11.0. The Balaban J connectivity index is 1.60. The zero-order chi connectivity index (χ0) is 25.8. The predicted molar refractivity (Wildman–Crippen MR) is 122 cm³/mol. The summed E-state index contributed by atoms with van der Waals surface area (Å²) in [4.78, 5) is 17.2. The minimum atomic E-state index is -3.02. The van der Waals surface area contributed by atoms with Gasteiger partial charge in [-0.3, -0.25) is 4.79 Å². The van der Waals surface area contributed by atoms with E-state index in [1.807, 2.05) is 0 Å². The average Bonchev–Trinajstić information content (AvgIpc) is 3.57. The Morgan fingerprint density at radius 3 is 2.61 bits per heavy atom. The van der Waals surface area contributed by atoms with Gasteiger partial charge in [-0.15, -0.1) is 0 Å². The molecule has 11 heteroatoms. The van der Waals surface area contributed by atoms with Crippen LogP contribution in [0.1, 0.15) is 47.6 Å². The van der Waals surface area contributed by atoms with Crippen LogP contribution >= 0.6 is 0 Å². The molecule has 1 atom stereocenters. The summed E-state index contributed by atoms with van der Waals surface area (Å²) in [6.45, 7) is -1.10. The van der Waals surface area contributed by atoms with Crippen LogP contribution < -0.4 is 20.1 Å². The summed E-state index contributed by atoms with van der Waals surface area (Å²) in [5.74, 6) is -1.50. The van der Waals surface area contributed by atoms with E-state index >= 15 is 0 Å². The van der Waals surface area contributed by atoms with E-state index in [4.69, 9.17) is 9.15 Å². The highest BCUT2D eigenvalue weighted by Gasteiger charge is 2.26. The molecule has 7 nitrogen and oxygen atoms in total. The largest absolute Gasteiger partial charge is 0.489 e. The Labute approximate surface area is 204 Å². The lowest BCUT2D eigenvalue weighted by atomic mass is 10.2. The smallest absolute Gasteiger partial charge is 0.387 e. The molecule has 1 aliphatic rings. The van der Waals surface area contributed by atoms with Crippen LogP contribution in [0.25, 0.3) is 11.5 Å². The van der Waals surface area contributed by atoms with Crippen LogP contribution in [0.3, 0.4) is 0 Å². The third-order valence-corrected chi connectivity index (χ3v) is 5.73. The third kappa shape index (κ3) is 6.14. The van der Waals surface area contributed by atoms with Crippen molar-refractivity contribution < 1.29 is 36.2 Å². The Kier molecular flexibility index (Phi) is 7.78. The van der Waals surface area contributed by atoms with E-state index in [-0.39, 0.29) is 41.0 Å². The van der Waals surface area contributed by atoms with E-state index in [0.29, 0.717) is 18.1 Å². The Morgan fingerprint density at radius 1 is 1.17 bits per heavy atom. The van der Waals surface area contributed by atoms with E-state index in [9.17, 15) is 22.4 Å². The molecule has 1 fully saturated rings. The number of nitrogens with one attached hydrogen (secondary N) is 2. The maximum absolute atomic E-state index is 14.0. The second-order valence-corrected chi connectivity index (χ2v) is 8.46. The average molecular weight is 507 g/mol. The molecule has 0 bridgehead atoms. The van der Waals surface area contributed by atoms with Gasteiger partial charge in [0.15, 0.2) is 23.0 Å². The summed E-state index contributed by atoms with van der Waals surface area (Å²) in [6.07, 6.45) is 2.02. The normalized spacial score (nSPS) is 14.1. The molecule has 2 N–H and O–H groups in total. The lowest BCUT2D eigenvalue weighted by Crippen LogP contribution is -2.26. The van der Waals surface area contributed by atoms with Crippen molar-refractivity contribution in [2.45, 2.75) is 39.0 Å². The molecule has 1 amide bonds. The zero-order valence-electron chi connectivity index (χ0n) is 19.6. The molecular formula is C25H25F4N3O4. The molecule has 2 aromatic carbocycles. The van der Waals surface area contributed by atoms with Crippen molar-refractivity contribution in [3.8, 4) is 23.0 Å². The summed E-state index contributed by atoms with van der Waals surface area (Å²) in [6, 6.07) is 6.91. The van der Waals surface area contributed by atoms with E-state index in [2.05, 4.69) is 20.4 Å². The minimum Gasteiger partial charge on any atom is -0.489 e. The number of benzene rings is 2. The molecule has 0 unspecified atom stereocenters. The van der Waals surface area contributed by atoms with Gasteiger partial charge < -0.3 is 24.5 Å². The number of nitrogens with zero attached hydrogens (tertiary/aromatic N) is 1. The van der Waals surface area contributed by atoms with Crippen LogP contribution in [0.2, 0.25) is 0 Å². The van der Waals surface area contributed by atoms with Gasteiger partial charge >= 0.3 is 6.61 Å². The molecule has 1 heterocycles. The van der Waals surface area contributed by atoms with E-state index in [1.54, 1.807) is 14.0 Å². The molecule has 1 aromatic heterocycles. The monoisotopic (exact) mass is 507 g/mol. The highest BCUT2D eigenvalue weighted by molar-refractivity contribution is 5.94. The first-order valence-electron chi connectivity index (χ1n) is 11.4. The van der Waals surface area contributed by atoms with Gasteiger partial charge in [-0.05, 0) is 57.0 Å². The predicted octanol–water partition coefficient (Wildman–Crippen LogP) is 5.22. The first-order chi connectivity index (χ1) is 17.2. The van der Waals surface area contributed by atoms with Gasteiger partial charge in [-0.1, -0.05) is 6.07 Å². The molecule has 192 valence electrons. The number of carbonyl (C=O) groups is 1. The Morgan fingerprint density at radius 2 is 1.94 bits per heavy atom. The van der Waals surface area contributed by atoms with Gasteiger partial charge in [0.1, 0.15) is 11.6 Å². The molecule has 36 heavy (non-hydrogen) atoms. The molecule has 0 saturated heterocycles. The number of halogens is 4. The molecule has 1 aliphatic carbocycles. The highest BCUT2D eigenvalue weighted by atomic mass is 19.3. The number of alkyl halides is 2. The van der Waals surface area contributed by atoms with Gasteiger partial charge in [0.05, 0.1) is 12.6 Å². The maximum atomic E-state index is 14.0. The summed E-state index contributed by atoms with van der Waals surface area (Å²) >= 11 is 0. The quantitative estimate of drug-likeness (QED) is 0.346. The zero-order valence-corrected chi connectivity index (χ0v) is 19.6. The van der Waals surface area contributed by atoms with Gasteiger partial charge in [0.25, 0.3) is 5.91 Å². The summed E-state index contributed by atoms with van der Waals surface area (Å²) in [5.41, 5.74) is 0.446. The van der Waals surface area contributed by atoms with Crippen LogP contribution in [0, 0.1) is 17.6 Å². The van der Waals surface area contributed by atoms with Crippen molar-refractivity contribution >= 4 is 5.91 Å². The van der Waals surface area contributed by atoms with Gasteiger partial charge in [0.2, 0.25) is 5.89 Å². The van der Waals surface area contributed by atoms with Crippen molar-refractivity contribution in [1.82, 2.24) is 15.6 Å². The van der Waals surface area contributed by atoms with Crippen molar-refractivity contribution in [2.24, 2.45) is 5.92 Å². The fourth-order valence-electron chi connectivity index (χ4n) is 3.41. The molecule has 0 aliphatic heterocycles. The van der Waals surface area contributed by atoms with E-state index in [1.165, 1.54) is 24.3 Å². The molecule has 0 radical (unpaired) electrons. The summed E-state index contributed by atoms with van der Waals surface area (Å²) in [7, 11) is 1.67. The van der Waals surface area contributed by atoms with Crippen LogP contribution in [-0.2, 0) is 6.54 Å². The minimum absolute atomic E-state index is 0.0391. The molecule has 4 rings (SSSR count). The number of rotatable bonds is 11. The molecule has 1 saturated carbocycles. The van der Waals surface area contributed by atoms with Crippen LogP contribution in [0.4, 0.5) is 17.6 Å². The molecule has 3 aromatic rings. The topological polar surface area (TPSA) is 85.6 Å². The molecular weight excluding hydrogens is 482 g/mol. The number of amides is 1. The van der Waals surface area contributed by atoms with Gasteiger partial charge in [0, 0.05) is 23.7 Å². The van der Waals surface area contributed by atoms with Crippen molar-refractivity contribution in [3.05, 3.63) is 65.1 Å². The van der Waals surface area contributed by atoms with E-state index in [0.717, 1.165) is 25.0 Å². The lowest BCUT2D eigenvalue weighted by molar-refractivity contribution is -0.0515. The summed E-state index contributed by atoms with van der Waals surface area (Å²) < 4.78 is 68.9. The Hall–Kier alpha value is -3.60. The fourth-order valence-corrected chi connectivity index (χ4v) is 3.41. The third-order valence-electron chi connectivity index (χ3n) is 5.73. The Bertz CT molecular complexity index is 1230. The number of oxazole rings is 1. The number of hydrogen-bond acceptors (Lipinski definition) is 6. The van der Waals surface area contributed by atoms with E-state index < -0.39 is 30.2 Å². The first-order valence-corrected chi connectivity index (χ1v) is 11.4. The lowest BCUT2D eigenvalue weighted by Gasteiger charge is -2.13. The number of aromatic nitrogens is 1. The van der Waals surface area contributed by atoms with Crippen LogP contribution in [0.15, 0.2) is 40.8 Å². The van der Waals surface area contributed by atoms with Gasteiger partial charge in [-0.25, -0.2) is 13.8 Å². The highest BCUT2D eigenvalue weighted by Crippen LogP contribution is 2.37. The van der Waals surface area contributed by atoms with Crippen molar-refractivity contribution in [3.63, 3.8) is 0 Å². The SMILES string of the molecule is CN[C@@H](C)c1oc(-c2ccc(OC(F)F)c(OCC3CC3)c2)nc1C(=O)NCc1ccc(F)cc1F. The standard InChI is InChI=1S/C25H25F4N3O4/c1-13(30-2)22-21(23(33)31-11-16-5-7-17(26)10-18(16)27)32-24(36-22)15-6-8-19(35-25(28)29)20(9-15)34-12-14-3-4-14/h5-10,13-14,25,30H,3-4,11-12H2,1-2H3,(H,31,33)/t13-/m0/s1. The molecule has 0 spiro atoms. The maximum Gasteiger partial charge on any atom is 0.387 e. The number of carbonyl (C=O) groups excluding carboxylic acids is 1. The summed E-state index contributed by atoms with van der Waals surface area (Å²) in [5, 5.41) is 5.53. The fraction of sp³-hybridized carbons (Fsp3) is 0.360. The van der Waals surface area contributed by atoms with Gasteiger partial charge in [-0.2, -0.15) is 8.78 Å². The second-order valence-electron chi connectivity index (χ2n) is 8.46. The van der Waals surface area contributed by atoms with Crippen LogP contribution in [0.5, 0.6) is 11.5 Å². The van der Waals surface area contributed by atoms with Crippen molar-refractivity contribution in [1.29, 1.82) is 0 Å². The van der Waals surface area contributed by atoms with Crippen molar-refractivity contribution in [2.75, 3.05) is 13.7 Å². The van der Waals surface area contributed by atoms with Crippen LogP contribution in [-0.4, -0.2) is 31.2 Å². The number of ether oxygens (including phenoxy) is 2. The first kappa shape index (κ1) is 25.5. The number of hydrogen-bond donors (Lipinski definition) is 2.